The molecule has 0 aliphatic carbocycles. The van der Waals surface area contributed by atoms with Gasteiger partial charge >= 0.3 is 0 Å². The highest BCUT2D eigenvalue weighted by Crippen LogP contribution is 2.33. The molecule has 3 heteroatoms. The number of hydrogen-bond donors (Lipinski definition) is 0. The normalized spacial score (nSPS) is 14.9. The van der Waals surface area contributed by atoms with Crippen LogP contribution in [0.4, 0.5) is 5.69 Å². The lowest BCUT2D eigenvalue weighted by atomic mass is 9.98. The Bertz CT molecular complexity index is 531. The molecular weight excluding hydrogens is 240 g/mol. The summed E-state index contributed by atoms with van der Waals surface area (Å²) in [7, 11) is 0. The van der Waals surface area contributed by atoms with Crippen LogP contribution in [0.25, 0.3) is 10.4 Å². The molecule has 0 atom stereocenters. The maximum atomic E-state index is 4.16. The van der Waals surface area contributed by atoms with Crippen molar-refractivity contribution in [2.24, 2.45) is 0 Å². The van der Waals surface area contributed by atoms with Gasteiger partial charge in [0.2, 0.25) is 0 Å². The van der Waals surface area contributed by atoms with E-state index in [0.717, 1.165) is 0 Å². The van der Waals surface area contributed by atoms with Gasteiger partial charge in [-0.3, -0.25) is 4.98 Å². The van der Waals surface area contributed by atoms with Crippen molar-refractivity contribution in [3.8, 4) is 10.4 Å². The highest BCUT2D eigenvalue weighted by atomic mass is 32.1. The summed E-state index contributed by atoms with van der Waals surface area (Å²) in [6.07, 6.45) is 4.41. The molecule has 2 nitrogen and oxygen atoms in total. The Morgan fingerprint density at radius 3 is 2.94 bits per heavy atom. The van der Waals surface area contributed by atoms with Gasteiger partial charge in [0.1, 0.15) is 0 Å². The van der Waals surface area contributed by atoms with Gasteiger partial charge < -0.3 is 4.90 Å². The van der Waals surface area contributed by atoms with Crippen molar-refractivity contribution in [3.63, 3.8) is 0 Å². The van der Waals surface area contributed by atoms with Gasteiger partial charge in [-0.2, -0.15) is 0 Å². The predicted octanol–water partition coefficient (Wildman–Crippen LogP) is 3.97. The highest BCUT2D eigenvalue weighted by Gasteiger charge is 2.19. The van der Waals surface area contributed by atoms with Crippen molar-refractivity contribution in [3.05, 3.63) is 35.5 Å². The maximum absolute atomic E-state index is 4.16. The molecule has 0 N–H and O–H groups in total. The van der Waals surface area contributed by atoms with Gasteiger partial charge in [0.15, 0.2) is 0 Å². The maximum Gasteiger partial charge on any atom is 0.0797 e. The zero-order chi connectivity index (χ0) is 12.5. The fourth-order valence-corrected chi connectivity index (χ4v) is 3.29. The van der Waals surface area contributed by atoms with Crippen molar-refractivity contribution >= 4 is 17.0 Å². The molecule has 18 heavy (non-hydrogen) atoms. The fraction of sp³-hybridized carbons (Fsp3) is 0.400. The van der Waals surface area contributed by atoms with Gasteiger partial charge in [0.25, 0.3) is 0 Å². The molecule has 0 radical (unpaired) electrons. The first-order valence-electron chi connectivity index (χ1n) is 6.54. The molecular formula is C15H18N2S. The SMILES string of the molecule is CC(C)N1CCCc2cc(-c3cncs3)ccc21. The summed E-state index contributed by atoms with van der Waals surface area (Å²) in [5, 5.41) is 0. The number of thiazole rings is 1. The van der Waals surface area contributed by atoms with Crippen LogP contribution in [0.3, 0.4) is 0 Å². The minimum atomic E-state index is 0.582. The molecule has 0 bridgehead atoms. The molecule has 0 unspecified atom stereocenters. The Hall–Kier alpha value is -1.35. The van der Waals surface area contributed by atoms with E-state index in [1.165, 1.54) is 41.1 Å². The topological polar surface area (TPSA) is 16.1 Å². The number of aryl methyl sites for hydroxylation is 1. The molecule has 0 amide bonds. The molecule has 1 aliphatic rings. The predicted molar refractivity (Wildman–Crippen MR) is 78.4 cm³/mol. The summed E-state index contributed by atoms with van der Waals surface area (Å²) in [6, 6.07) is 7.44. The van der Waals surface area contributed by atoms with Crippen molar-refractivity contribution in [2.75, 3.05) is 11.4 Å². The number of rotatable bonds is 2. The Kier molecular flexibility index (Phi) is 3.08. The van der Waals surface area contributed by atoms with Gasteiger partial charge in [0.05, 0.1) is 10.4 Å². The van der Waals surface area contributed by atoms with Gasteiger partial charge in [-0.25, -0.2) is 0 Å². The number of nitrogens with zero attached hydrogens (tertiary/aromatic N) is 2. The van der Waals surface area contributed by atoms with Crippen LogP contribution in [-0.2, 0) is 6.42 Å². The van der Waals surface area contributed by atoms with E-state index in [1.54, 1.807) is 11.3 Å². The summed E-state index contributed by atoms with van der Waals surface area (Å²) in [4.78, 5) is 7.93. The standard InChI is InChI=1S/C15H18N2S/c1-11(2)17-7-3-4-12-8-13(5-6-14(12)17)15-9-16-10-18-15/h5-6,8-11H,3-4,7H2,1-2H3. The minimum Gasteiger partial charge on any atom is -0.369 e. The number of fused-ring (bicyclic) bond motifs is 1. The smallest absolute Gasteiger partial charge is 0.0797 e. The van der Waals surface area contributed by atoms with Gasteiger partial charge in [-0.05, 0) is 49.9 Å². The fourth-order valence-electron chi connectivity index (χ4n) is 2.67. The average Bonchev–Trinajstić information content (AvgIpc) is 2.91. The van der Waals surface area contributed by atoms with Gasteiger partial charge in [-0.1, -0.05) is 6.07 Å². The first kappa shape index (κ1) is 11.7. The van der Waals surface area contributed by atoms with Crippen molar-refractivity contribution in [2.45, 2.75) is 32.7 Å². The summed E-state index contributed by atoms with van der Waals surface area (Å²) < 4.78 is 0. The third-order valence-electron chi connectivity index (χ3n) is 3.57. The molecule has 2 aromatic rings. The summed E-state index contributed by atoms with van der Waals surface area (Å²) in [5.74, 6) is 0. The van der Waals surface area contributed by atoms with Gasteiger partial charge in [-0.15, -0.1) is 11.3 Å². The molecule has 1 aromatic heterocycles. The van der Waals surface area contributed by atoms with Crippen LogP contribution in [0.5, 0.6) is 0 Å². The Labute approximate surface area is 112 Å². The van der Waals surface area contributed by atoms with Crippen LogP contribution >= 0.6 is 11.3 Å². The second-order valence-corrected chi connectivity index (χ2v) is 5.99. The van der Waals surface area contributed by atoms with Crippen molar-refractivity contribution < 1.29 is 0 Å². The Morgan fingerprint density at radius 1 is 1.33 bits per heavy atom. The lowest BCUT2D eigenvalue weighted by Gasteiger charge is -2.34. The van der Waals surface area contributed by atoms with Crippen LogP contribution in [0, 0.1) is 0 Å². The molecule has 94 valence electrons. The molecule has 1 aromatic carbocycles. The average molecular weight is 258 g/mol. The Morgan fingerprint density at radius 2 is 2.22 bits per heavy atom. The molecule has 0 spiro atoms. The second-order valence-electron chi connectivity index (χ2n) is 5.10. The van der Waals surface area contributed by atoms with E-state index in [2.05, 4.69) is 41.9 Å². The zero-order valence-electron chi connectivity index (χ0n) is 10.9. The van der Waals surface area contributed by atoms with Crippen molar-refractivity contribution in [1.82, 2.24) is 4.98 Å². The molecule has 3 rings (SSSR count). The van der Waals surface area contributed by atoms with E-state index < -0.39 is 0 Å². The quantitative estimate of drug-likeness (QED) is 0.810. The van der Waals surface area contributed by atoms with E-state index in [1.807, 2.05) is 11.7 Å². The van der Waals surface area contributed by atoms with Crippen LogP contribution in [0.15, 0.2) is 29.9 Å². The van der Waals surface area contributed by atoms with E-state index in [9.17, 15) is 0 Å². The highest BCUT2D eigenvalue weighted by molar-refractivity contribution is 7.13. The minimum absolute atomic E-state index is 0.582. The van der Waals surface area contributed by atoms with Crippen LogP contribution in [0.2, 0.25) is 0 Å². The number of anilines is 1. The lowest BCUT2D eigenvalue weighted by Crippen LogP contribution is -2.35. The first-order valence-corrected chi connectivity index (χ1v) is 7.42. The largest absolute Gasteiger partial charge is 0.369 e. The summed E-state index contributed by atoms with van der Waals surface area (Å²) in [5.41, 5.74) is 6.11. The van der Waals surface area contributed by atoms with Crippen LogP contribution in [-0.4, -0.2) is 17.6 Å². The third kappa shape index (κ3) is 2.03. The van der Waals surface area contributed by atoms with E-state index >= 15 is 0 Å². The molecule has 2 heterocycles. The number of benzene rings is 1. The van der Waals surface area contributed by atoms with Gasteiger partial charge in [0, 0.05) is 24.5 Å². The number of aromatic nitrogens is 1. The molecule has 0 saturated carbocycles. The number of hydrogen-bond acceptors (Lipinski definition) is 3. The van der Waals surface area contributed by atoms with Crippen molar-refractivity contribution in [1.29, 1.82) is 0 Å². The zero-order valence-corrected chi connectivity index (χ0v) is 11.7. The molecule has 0 fully saturated rings. The summed E-state index contributed by atoms with van der Waals surface area (Å²) in [6.45, 7) is 5.73. The van der Waals surface area contributed by atoms with Crippen LogP contribution in [0.1, 0.15) is 25.8 Å². The summed E-state index contributed by atoms with van der Waals surface area (Å²) >= 11 is 1.71. The monoisotopic (exact) mass is 258 g/mol. The molecule has 1 aliphatic heterocycles. The van der Waals surface area contributed by atoms with E-state index in [-0.39, 0.29) is 0 Å². The Balaban J connectivity index is 2.01. The third-order valence-corrected chi connectivity index (χ3v) is 4.40. The lowest BCUT2D eigenvalue weighted by molar-refractivity contribution is 0.626. The van der Waals surface area contributed by atoms with E-state index in [0.29, 0.717) is 6.04 Å². The second kappa shape index (κ2) is 4.73. The van der Waals surface area contributed by atoms with Crippen LogP contribution < -0.4 is 4.90 Å². The molecule has 0 saturated heterocycles. The van der Waals surface area contributed by atoms with E-state index in [4.69, 9.17) is 0 Å². The first-order chi connectivity index (χ1) is 8.75.